The van der Waals surface area contributed by atoms with Gasteiger partial charge in [0.25, 0.3) is 0 Å². The van der Waals surface area contributed by atoms with Gasteiger partial charge in [0.1, 0.15) is 4.99 Å². The average molecular weight is 432 g/mol. The Balaban J connectivity index is 1.81. The molecule has 0 saturated carbocycles. The van der Waals surface area contributed by atoms with Gasteiger partial charge in [-0.3, -0.25) is 0 Å². The minimum Gasteiger partial charge on any atom is -0.493 e. The fraction of sp³-hybridized carbons (Fsp3) is 0.364. The third-order valence-electron chi connectivity index (χ3n) is 4.61. The number of benzene rings is 2. The molecule has 0 radical (unpaired) electrons. The minimum absolute atomic E-state index is 0.324. The predicted octanol–water partition coefficient (Wildman–Crippen LogP) is 3.33. The zero-order valence-corrected chi connectivity index (χ0v) is 18.1. The first-order valence-corrected chi connectivity index (χ1v) is 10.1. The van der Waals surface area contributed by atoms with Gasteiger partial charge in [-0.2, -0.15) is 0 Å². The first kappa shape index (κ1) is 21.9. The zero-order chi connectivity index (χ0) is 21.5. The van der Waals surface area contributed by atoms with E-state index in [2.05, 4.69) is 4.90 Å². The number of carbonyl (C=O) groups is 1. The monoisotopic (exact) mass is 431 g/mol. The van der Waals surface area contributed by atoms with E-state index in [1.54, 1.807) is 30.3 Å². The van der Waals surface area contributed by atoms with E-state index in [0.29, 0.717) is 48.4 Å². The summed E-state index contributed by atoms with van der Waals surface area (Å²) < 4.78 is 27.2. The number of carbonyl (C=O) groups excluding carboxylic acids is 1. The molecule has 1 fully saturated rings. The molecule has 0 N–H and O–H groups in total. The second-order valence-corrected chi connectivity index (χ2v) is 6.85. The van der Waals surface area contributed by atoms with Crippen molar-refractivity contribution in [2.75, 3.05) is 47.1 Å². The smallest absolute Gasteiger partial charge is 0.343 e. The summed E-state index contributed by atoms with van der Waals surface area (Å²) in [6.45, 7) is 5.10. The van der Waals surface area contributed by atoms with Gasteiger partial charge in [0.05, 0.1) is 39.6 Å². The maximum absolute atomic E-state index is 12.7. The Hall–Kier alpha value is -2.84. The minimum atomic E-state index is -0.527. The summed E-state index contributed by atoms with van der Waals surface area (Å²) in [5.41, 5.74) is 1.17. The first-order chi connectivity index (χ1) is 14.6. The van der Waals surface area contributed by atoms with Crippen molar-refractivity contribution in [1.82, 2.24) is 4.90 Å². The summed E-state index contributed by atoms with van der Waals surface area (Å²) in [6, 6.07) is 10.2. The number of morpholine rings is 1. The first-order valence-electron chi connectivity index (χ1n) is 9.65. The van der Waals surface area contributed by atoms with Gasteiger partial charge in [-0.15, -0.1) is 0 Å². The van der Waals surface area contributed by atoms with Gasteiger partial charge in [-0.25, -0.2) is 4.79 Å². The summed E-state index contributed by atoms with van der Waals surface area (Å²) in [6.07, 6.45) is 0. The van der Waals surface area contributed by atoms with Crippen LogP contribution in [0.2, 0.25) is 0 Å². The lowest BCUT2D eigenvalue weighted by Gasteiger charge is -2.29. The number of ether oxygens (including phenoxy) is 5. The van der Waals surface area contributed by atoms with Crippen LogP contribution in [0.3, 0.4) is 0 Å². The lowest BCUT2D eigenvalue weighted by atomic mass is 10.1. The molecule has 1 saturated heterocycles. The van der Waals surface area contributed by atoms with E-state index in [4.69, 9.17) is 35.9 Å². The Bertz CT molecular complexity index is 910. The van der Waals surface area contributed by atoms with Crippen LogP contribution in [-0.2, 0) is 4.74 Å². The third kappa shape index (κ3) is 5.01. The van der Waals surface area contributed by atoms with E-state index in [-0.39, 0.29) is 0 Å². The number of nitrogens with zero attached hydrogens (tertiary/aromatic N) is 1. The average Bonchev–Trinajstić information content (AvgIpc) is 2.79. The SMILES string of the molecule is CCOc1cc(C(=S)N2CCOCC2)ccc1OC(=O)c1ccc(OC)c(OC)c1. The topological polar surface area (TPSA) is 66.5 Å². The van der Waals surface area contributed by atoms with Crippen molar-refractivity contribution in [3.05, 3.63) is 47.5 Å². The van der Waals surface area contributed by atoms with Gasteiger partial charge in [0.15, 0.2) is 23.0 Å². The molecule has 8 heteroatoms. The molecule has 0 atom stereocenters. The van der Waals surface area contributed by atoms with Crippen LogP contribution in [0.15, 0.2) is 36.4 Å². The van der Waals surface area contributed by atoms with Crippen molar-refractivity contribution in [1.29, 1.82) is 0 Å². The van der Waals surface area contributed by atoms with Gasteiger partial charge < -0.3 is 28.6 Å². The van der Waals surface area contributed by atoms with Gasteiger partial charge in [0, 0.05) is 18.7 Å². The quantitative estimate of drug-likeness (QED) is 0.376. The van der Waals surface area contributed by atoms with E-state index >= 15 is 0 Å². The second-order valence-electron chi connectivity index (χ2n) is 6.46. The number of hydrogen-bond donors (Lipinski definition) is 0. The summed E-state index contributed by atoms with van der Waals surface area (Å²) in [5.74, 6) is 1.23. The van der Waals surface area contributed by atoms with E-state index in [1.807, 2.05) is 13.0 Å². The molecule has 0 amide bonds. The summed E-state index contributed by atoms with van der Waals surface area (Å²) in [5, 5.41) is 0. The van der Waals surface area contributed by atoms with Crippen LogP contribution in [0.4, 0.5) is 0 Å². The molecule has 160 valence electrons. The Morgan fingerprint density at radius 1 is 0.967 bits per heavy atom. The largest absolute Gasteiger partial charge is 0.493 e. The molecule has 2 aromatic carbocycles. The Morgan fingerprint density at radius 3 is 2.27 bits per heavy atom. The molecular weight excluding hydrogens is 406 g/mol. The molecule has 0 spiro atoms. The van der Waals surface area contributed by atoms with Crippen molar-refractivity contribution < 1.29 is 28.5 Å². The highest BCUT2D eigenvalue weighted by Gasteiger charge is 2.19. The number of hydrogen-bond acceptors (Lipinski definition) is 7. The number of rotatable bonds is 7. The highest BCUT2D eigenvalue weighted by atomic mass is 32.1. The maximum atomic E-state index is 12.7. The third-order valence-corrected chi connectivity index (χ3v) is 5.10. The van der Waals surface area contributed by atoms with Gasteiger partial charge in [-0.1, -0.05) is 12.2 Å². The molecule has 1 aliphatic heterocycles. The van der Waals surface area contributed by atoms with Crippen molar-refractivity contribution in [2.24, 2.45) is 0 Å². The van der Waals surface area contributed by atoms with Gasteiger partial charge in [0.2, 0.25) is 0 Å². The molecule has 0 bridgehead atoms. The second kappa shape index (κ2) is 10.3. The predicted molar refractivity (Wildman–Crippen MR) is 116 cm³/mol. The lowest BCUT2D eigenvalue weighted by Crippen LogP contribution is -2.40. The maximum Gasteiger partial charge on any atom is 0.343 e. The molecule has 1 heterocycles. The van der Waals surface area contributed by atoms with Crippen LogP contribution in [0.5, 0.6) is 23.0 Å². The van der Waals surface area contributed by atoms with Gasteiger partial charge in [-0.05, 0) is 43.3 Å². The van der Waals surface area contributed by atoms with Crippen LogP contribution in [-0.4, -0.2) is 63.0 Å². The molecule has 0 unspecified atom stereocenters. The van der Waals surface area contributed by atoms with E-state index in [0.717, 1.165) is 23.6 Å². The molecule has 30 heavy (non-hydrogen) atoms. The van der Waals surface area contributed by atoms with Crippen molar-refractivity contribution >= 4 is 23.2 Å². The Morgan fingerprint density at radius 2 is 1.60 bits per heavy atom. The summed E-state index contributed by atoms with van der Waals surface area (Å²) in [4.78, 5) is 15.5. The van der Waals surface area contributed by atoms with Crippen LogP contribution >= 0.6 is 12.2 Å². The fourth-order valence-corrected chi connectivity index (χ4v) is 3.37. The van der Waals surface area contributed by atoms with Crippen LogP contribution in [0.1, 0.15) is 22.8 Å². The molecule has 1 aliphatic rings. The van der Waals surface area contributed by atoms with Crippen LogP contribution in [0.25, 0.3) is 0 Å². The van der Waals surface area contributed by atoms with Crippen molar-refractivity contribution in [2.45, 2.75) is 6.92 Å². The van der Waals surface area contributed by atoms with Crippen LogP contribution < -0.4 is 18.9 Å². The number of methoxy groups -OCH3 is 2. The zero-order valence-electron chi connectivity index (χ0n) is 17.3. The molecule has 2 aromatic rings. The van der Waals surface area contributed by atoms with E-state index in [1.165, 1.54) is 14.2 Å². The van der Waals surface area contributed by atoms with E-state index in [9.17, 15) is 4.79 Å². The Kier molecular flexibility index (Phi) is 7.48. The normalized spacial score (nSPS) is 13.5. The van der Waals surface area contributed by atoms with Crippen molar-refractivity contribution in [3.8, 4) is 23.0 Å². The lowest BCUT2D eigenvalue weighted by molar-refractivity contribution is 0.0692. The van der Waals surface area contributed by atoms with Crippen LogP contribution in [0, 0.1) is 0 Å². The standard InChI is InChI=1S/C22H25NO6S/c1-4-28-20-13-15(21(30)23-9-11-27-12-10-23)5-8-18(20)29-22(24)16-6-7-17(25-2)19(14-16)26-3/h5-8,13-14H,4,9-12H2,1-3H3. The number of thiocarbonyl (C=S) groups is 1. The Labute approximate surface area is 181 Å². The molecule has 0 aliphatic carbocycles. The van der Waals surface area contributed by atoms with Gasteiger partial charge >= 0.3 is 5.97 Å². The molecule has 3 rings (SSSR count). The fourth-order valence-electron chi connectivity index (χ4n) is 3.06. The highest BCUT2D eigenvalue weighted by molar-refractivity contribution is 7.80. The molecule has 0 aromatic heterocycles. The summed E-state index contributed by atoms with van der Waals surface area (Å²) >= 11 is 5.62. The molecular formula is C22H25NO6S. The highest BCUT2D eigenvalue weighted by Crippen LogP contribution is 2.32. The van der Waals surface area contributed by atoms with E-state index < -0.39 is 5.97 Å². The molecule has 7 nitrogen and oxygen atoms in total. The number of esters is 1. The summed E-state index contributed by atoms with van der Waals surface area (Å²) in [7, 11) is 3.04. The van der Waals surface area contributed by atoms with Crippen molar-refractivity contribution in [3.63, 3.8) is 0 Å².